The molecule has 3 nitrogen and oxygen atoms in total. The van der Waals surface area contributed by atoms with Crippen LogP contribution >= 0.6 is 15.9 Å². The second-order valence-corrected chi connectivity index (χ2v) is 5.55. The molecule has 0 atom stereocenters. The molecule has 0 radical (unpaired) electrons. The van der Waals surface area contributed by atoms with E-state index in [4.69, 9.17) is 4.74 Å². The highest BCUT2D eigenvalue weighted by Crippen LogP contribution is 2.31. The number of halogens is 4. The van der Waals surface area contributed by atoms with Gasteiger partial charge >= 0.3 is 6.18 Å². The fourth-order valence-corrected chi connectivity index (χ4v) is 2.06. The zero-order chi connectivity index (χ0) is 16.9. The summed E-state index contributed by atoms with van der Waals surface area (Å²) in [5.74, 6) is -0.164. The van der Waals surface area contributed by atoms with Gasteiger partial charge in [-0.05, 0) is 42.5 Å². The van der Waals surface area contributed by atoms with E-state index in [-0.39, 0.29) is 24.8 Å². The molecule has 23 heavy (non-hydrogen) atoms. The van der Waals surface area contributed by atoms with Crippen LogP contribution in [-0.4, -0.2) is 19.1 Å². The van der Waals surface area contributed by atoms with Crippen LogP contribution < -0.4 is 10.1 Å². The number of hydrogen-bond acceptors (Lipinski definition) is 2. The number of amides is 1. The summed E-state index contributed by atoms with van der Waals surface area (Å²) in [6.45, 7) is 0.259. The first-order valence-electron chi connectivity index (χ1n) is 6.70. The lowest BCUT2D eigenvalue weighted by molar-refractivity contribution is -0.137. The van der Waals surface area contributed by atoms with Crippen molar-refractivity contribution in [1.29, 1.82) is 0 Å². The van der Waals surface area contributed by atoms with Gasteiger partial charge in [-0.15, -0.1) is 0 Å². The van der Waals surface area contributed by atoms with Crippen LogP contribution in [0.4, 0.5) is 13.2 Å². The summed E-state index contributed by atoms with van der Waals surface area (Å²) >= 11 is 3.27. The molecular formula is C16H13BrF3NO2. The highest BCUT2D eigenvalue weighted by molar-refractivity contribution is 9.10. The standard InChI is InChI=1S/C16H13BrF3NO2/c17-13-6-4-11(5-7-13)15(22)21-8-9-23-14-3-1-2-12(10-14)16(18,19)20/h1-7,10H,8-9H2,(H,21,22). The van der Waals surface area contributed by atoms with Crippen molar-refractivity contribution in [2.24, 2.45) is 0 Å². The molecule has 122 valence electrons. The van der Waals surface area contributed by atoms with Crippen molar-refractivity contribution in [2.45, 2.75) is 6.18 Å². The Morgan fingerprint density at radius 3 is 2.48 bits per heavy atom. The largest absolute Gasteiger partial charge is 0.492 e. The number of benzene rings is 2. The van der Waals surface area contributed by atoms with Gasteiger partial charge in [0, 0.05) is 10.0 Å². The first-order valence-corrected chi connectivity index (χ1v) is 7.49. The highest BCUT2D eigenvalue weighted by atomic mass is 79.9. The van der Waals surface area contributed by atoms with Gasteiger partial charge in [0.05, 0.1) is 12.1 Å². The van der Waals surface area contributed by atoms with Crippen molar-refractivity contribution in [3.05, 3.63) is 64.1 Å². The molecule has 0 spiro atoms. The molecule has 2 aromatic carbocycles. The highest BCUT2D eigenvalue weighted by Gasteiger charge is 2.30. The molecule has 2 rings (SSSR count). The molecule has 0 aromatic heterocycles. The zero-order valence-electron chi connectivity index (χ0n) is 11.9. The van der Waals surface area contributed by atoms with E-state index in [1.807, 2.05) is 0 Å². The molecule has 0 saturated heterocycles. The third kappa shape index (κ3) is 5.28. The van der Waals surface area contributed by atoms with Gasteiger partial charge in [-0.3, -0.25) is 4.79 Å². The first kappa shape index (κ1) is 17.3. The molecule has 0 aliphatic rings. The zero-order valence-corrected chi connectivity index (χ0v) is 13.4. The van der Waals surface area contributed by atoms with E-state index < -0.39 is 11.7 Å². The van der Waals surface area contributed by atoms with Crippen LogP contribution in [0.1, 0.15) is 15.9 Å². The van der Waals surface area contributed by atoms with E-state index in [1.165, 1.54) is 12.1 Å². The van der Waals surface area contributed by atoms with Crippen LogP contribution in [0.15, 0.2) is 53.0 Å². The molecule has 0 heterocycles. The van der Waals surface area contributed by atoms with E-state index in [2.05, 4.69) is 21.2 Å². The Balaban J connectivity index is 1.81. The predicted octanol–water partition coefficient (Wildman–Crippen LogP) is 4.28. The van der Waals surface area contributed by atoms with Gasteiger partial charge in [-0.1, -0.05) is 22.0 Å². The van der Waals surface area contributed by atoms with Crippen molar-refractivity contribution < 1.29 is 22.7 Å². The van der Waals surface area contributed by atoms with Gasteiger partial charge in [0.1, 0.15) is 12.4 Å². The van der Waals surface area contributed by atoms with Gasteiger partial charge in [-0.25, -0.2) is 0 Å². The minimum atomic E-state index is -4.41. The van der Waals surface area contributed by atoms with Crippen LogP contribution in [0.2, 0.25) is 0 Å². The van der Waals surface area contributed by atoms with E-state index in [1.54, 1.807) is 24.3 Å². The molecule has 7 heteroatoms. The topological polar surface area (TPSA) is 38.3 Å². The van der Waals surface area contributed by atoms with Crippen LogP contribution in [0, 0.1) is 0 Å². The minimum Gasteiger partial charge on any atom is -0.492 e. The Morgan fingerprint density at radius 2 is 1.83 bits per heavy atom. The van der Waals surface area contributed by atoms with Crippen LogP contribution in [-0.2, 0) is 6.18 Å². The lowest BCUT2D eigenvalue weighted by Gasteiger charge is -2.10. The van der Waals surface area contributed by atoms with Crippen molar-refractivity contribution in [1.82, 2.24) is 5.32 Å². The predicted molar refractivity (Wildman–Crippen MR) is 83.4 cm³/mol. The summed E-state index contributed by atoms with van der Waals surface area (Å²) in [5, 5.41) is 2.63. The number of nitrogens with one attached hydrogen (secondary N) is 1. The summed E-state index contributed by atoms with van der Waals surface area (Å²) in [4.78, 5) is 11.8. The summed E-state index contributed by atoms with van der Waals surface area (Å²) in [6, 6.07) is 11.4. The fraction of sp³-hybridized carbons (Fsp3) is 0.188. The lowest BCUT2D eigenvalue weighted by atomic mass is 10.2. The third-order valence-corrected chi connectivity index (χ3v) is 3.45. The molecule has 0 aliphatic carbocycles. The average molecular weight is 388 g/mol. The van der Waals surface area contributed by atoms with Gasteiger partial charge < -0.3 is 10.1 Å². The maximum Gasteiger partial charge on any atom is 0.416 e. The van der Waals surface area contributed by atoms with Gasteiger partial charge in [0.15, 0.2) is 0 Å². The Bertz CT molecular complexity index is 672. The Kier molecular flexibility index (Phi) is 5.65. The normalized spacial score (nSPS) is 11.1. The van der Waals surface area contributed by atoms with E-state index in [0.29, 0.717) is 5.56 Å². The van der Waals surface area contributed by atoms with Crippen LogP contribution in [0.3, 0.4) is 0 Å². The Morgan fingerprint density at radius 1 is 1.13 bits per heavy atom. The maximum atomic E-state index is 12.6. The molecule has 1 N–H and O–H groups in total. The number of carbonyl (C=O) groups excluding carboxylic acids is 1. The van der Waals surface area contributed by atoms with Crippen molar-refractivity contribution in [3.63, 3.8) is 0 Å². The van der Waals surface area contributed by atoms with Gasteiger partial charge in [-0.2, -0.15) is 13.2 Å². The Labute approximate surface area is 139 Å². The lowest BCUT2D eigenvalue weighted by Crippen LogP contribution is -2.28. The summed E-state index contributed by atoms with van der Waals surface area (Å²) in [7, 11) is 0. The molecular weight excluding hydrogens is 375 g/mol. The fourth-order valence-electron chi connectivity index (χ4n) is 1.80. The van der Waals surface area contributed by atoms with E-state index >= 15 is 0 Å². The number of carbonyl (C=O) groups is 1. The van der Waals surface area contributed by atoms with Gasteiger partial charge in [0.2, 0.25) is 0 Å². The van der Waals surface area contributed by atoms with Crippen molar-refractivity contribution in [3.8, 4) is 5.75 Å². The molecule has 0 saturated carbocycles. The van der Waals surface area contributed by atoms with E-state index in [0.717, 1.165) is 16.6 Å². The quantitative estimate of drug-likeness (QED) is 0.777. The summed E-state index contributed by atoms with van der Waals surface area (Å²) in [5.41, 5.74) is -0.277. The maximum absolute atomic E-state index is 12.6. The molecule has 0 bridgehead atoms. The molecule has 0 unspecified atom stereocenters. The van der Waals surface area contributed by atoms with E-state index in [9.17, 15) is 18.0 Å². The van der Waals surface area contributed by atoms with Crippen LogP contribution in [0.5, 0.6) is 5.75 Å². The molecule has 0 fully saturated rings. The second kappa shape index (κ2) is 7.50. The molecule has 2 aromatic rings. The minimum absolute atomic E-state index is 0.0730. The monoisotopic (exact) mass is 387 g/mol. The molecule has 1 amide bonds. The number of rotatable bonds is 5. The number of hydrogen-bond donors (Lipinski definition) is 1. The SMILES string of the molecule is O=C(NCCOc1cccc(C(F)(F)F)c1)c1ccc(Br)cc1. The van der Waals surface area contributed by atoms with Crippen molar-refractivity contribution in [2.75, 3.05) is 13.2 Å². The van der Waals surface area contributed by atoms with Gasteiger partial charge in [0.25, 0.3) is 5.91 Å². The number of alkyl halides is 3. The average Bonchev–Trinajstić information content (AvgIpc) is 2.51. The second-order valence-electron chi connectivity index (χ2n) is 4.64. The first-order chi connectivity index (χ1) is 10.9. The number of ether oxygens (including phenoxy) is 1. The summed E-state index contributed by atoms with van der Waals surface area (Å²) < 4.78 is 43.8. The van der Waals surface area contributed by atoms with Crippen molar-refractivity contribution >= 4 is 21.8 Å². The third-order valence-electron chi connectivity index (χ3n) is 2.92. The van der Waals surface area contributed by atoms with Crippen LogP contribution in [0.25, 0.3) is 0 Å². The molecule has 0 aliphatic heterocycles. The summed E-state index contributed by atoms with van der Waals surface area (Å²) in [6.07, 6.45) is -4.41. The smallest absolute Gasteiger partial charge is 0.416 e. The Hall–Kier alpha value is -2.02.